The number of hydrogen-bond donors (Lipinski definition) is 1. The van der Waals surface area contributed by atoms with Crippen LogP contribution in [0.25, 0.3) is 0 Å². The van der Waals surface area contributed by atoms with Gasteiger partial charge in [0.25, 0.3) is 0 Å². The van der Waals surface area contributed by atoms with Gasteiger partial charge in [0.1, 0.15) is 10.6 Å². The Morgan fingerprint density at radius 2 is 2.20 bits per heavy atom. The molecular weight excluding hydrogens is 346 g/mol. The van der Waals surface area contributed by atoms with Gasteiger partial charge in [-0.25, -0.2) is 13.1 Å². The van der Waals surface area contributed by atoms with E-state index in [1.54, 1.807) is 12.1 Å². The zero-order chi connectivity index (χ0) is 14.8. The monoisotopic (exact) mass is 363 g/mol. The van der Waals surface area contributed by atoms with E-state index in [0.29, 0.717) is 23.4 Å². The maximum atomic E-state index is 12.6. The minimum atomic E-state index is -3.67. The van der Waals surface area contributed by atoms with Crippen LogP contribution in [-0.4, -0.2) is 34.3 Å². The van der Waals surface area contributed by atoms with Crippen molar-refractivity contribution >= 4 is 26.0 Å². The van der Waals surface area contributed by atoms with Crippen molar-refractivity contribution in [2.45, 2.75) is 30.2 Å². The van der Waals surface area contributed by atoms with Crippen molar-refractivity contribution in [1.82, 2.24) is 4.72 Å². The van der Waals surface area contributed by atoms with Crippen LogP contribution in [0.4, 0.5) is 0 Å². The van der Waals surface area contributed by atoms with E-state index in [9.17, 15) is 8.42 Å². The Morgan fingerprint density at radius 1 is 1.45 bits per heavy atom. The number of methoxy groups -OCH3 is 1. The molecule has 1 aliphatic heterocycles. The standard InChI is InChI=1S/C13H18BrNO4S/c1-13(6-3-7-19-9-13)15-20(16,17)12-8-10(14)4-5-11(12)18-2/h4-5,8,15H,3,6-7,9H2,1-2H3. The molecule has 1 atom stereocenters. The first kappa shape index (κ1) is 15.8. The van der Waals surface area contributed by atoms with E-state index in [-0.39, 0.29) is 4.90 Å². The molecule has 0 amide bonds. The molecule has 0 saturated carbocycles. The molecule has 1 aromatic carbocycles. The van der Waals surface area contributed by atoms with Gasteiger partial charge in [-0.05, 0) is 38.0 Å². The van der Waals surface area contributed by atoms with Crippen molar-refractivity contribution in [3.05, 3.63) is 22.7 Å². The van der Waals surface area contributed by atoms with E-state index in [0.717, 1.165) is 12.8 Å². The second kappa shape index (κ2) is 6.01. The van der Waals surface area contributed by atoms with Crippen LogP contribution < -0.4 is 9.46 Å². The van der Waals surface area contributed by atoms with Crippen LogP contribution in [0, 0.1) is 0 Å². The lowest BCUT2D eigenvalue weighted by molar-refractivity contribution is 0.0386. The van der Waals surface area contributed by atoms with Gasteiger partial charge in [-0.2, -0.15) is 0 Å². The smallest absolute Gasteiger partial charge is 0.244 e. The van der Waals surface area contributed by atoms with E-state index in [4.69, 9.17) is 9.47 Å². The number of halogens is 1. The van der Waals surface area contributed by atoms with Crippen molar-refractivity contribution in [2.75, 3.05) is 20.3 Å². The van der Waals surface area contributed by atoms with Crippen LogP contribution in [0.3, 0.4) is 0 Å². The number of nitrogens with one attached hydrogen (secondary N) is 1. The minimum Gasteiger partial charge on any atom is -0.495 e. The maximum absolute atomic E-state index is 12.6. The summed E-state index contributed by atoms with van der Waals surface area (Å²) >= 11 is 3.28. The summed E-state index contributed by atoms with van der Waals surface area (Å²) in [4.78, 5) is 0.126. The highest BCUT2D eigenvalue weighted by Gasteiger charge is 2.34. The predicted octanol–water partition coefficient (Wildman–Crippen LogP) is 2.31. The first-order valence-electron chi connectivity index (χ1n) is 6.32. The van der Waals surface area contributed by atoms with Crippen molar-refractivity contribution in [2.24, 2.45) is 0 Å². The van der Waals surface area contributed by atoms with Crippen molar-refractivity contribution < 1.29 is 17.9 Å². The molecule has 1 fully saturated rings. The Hall–Kier alpha value is -0.630. The number of sulfonamides is 1. The first-order chi connectivity index (χ1) is 9.36. The summed E-state index contributed by atoms with van der Waals surface area (Å²) < 4.78 is 39.1. The molecule has 1 aliphatic rings. The highest BCUT2D eigenvalue weighted by molar-refractivity contribution is 9.10. The van der Waals surface area contributed by atoms with E-state index in [2.05, 4.69) is 20.7 Å². The van der Waals surface area contributed by atoms with Crippen LogP contribution in [0.5, 0.6) is 5.75 Å². The average molecular weight is 364 g/mol. The van der Waals surface area contributed by atoms with E-state index in [1.165, 1.54) is 13.2 Å². The summed E-state index contributed by atoms with van der Waals surface area (Å²) in [6, 6.07) is 4.90. The van der Waals surface area contributed by atoms with Crippen molar-refractivity contribution in [1.29, 1.82) is 0 Å². The van der Waals surface area contributed by atoms with Gasteiger partial charge < -0.3 is 9.47 Å². The molecular formula is C13H18BrNO4S. The van der Waals surface area contributed by atoms with E-state index < -0.39 is 15.6 Å². The Balaban J connectivity index is 2.32. The number of ether oxygens (including phenoxy) is 2. The Kier molecular flexibility index (Phi) is 4.73. The van der Waals surface area contributed by atoms with Crippen molar-refractivity contribution in [3.63, 3.8) is 0 Å². The SMILES string of the molecule is COc1ccc(Br)cc1S(=O)(=O)NC1(C)CCCOC1. The van der Waals surface area contributed by atoms with Crippen LogP contribution in [0.15, 0.2) is 27.6 Å². The molecule has 1 unspecified atom stereocenters. The summed E-state index contributed by atoms with van der Waals surface area (Å²) in [6.45, 7) is 2.91. The lowest BCUT2D eigenvalue weighted by Gasteiger charge is -2.34. The summed E-state index contributed by atoms with van der Waals surface area (Å²) in [5.74, 6) is 0.320. The third-order valence-corrected chi connectivity index (χ3v) is 5.39. The predicted molar refractivity (Wildman–Crippen MR) is 79.5 cm³/mol. The Labute approximate surface area is 127 Å². The van der Waals surface area contributed by atoms with Gasteiger partial charge in [0.2, 0.25) is 10.0 Å². The van der Waals surface area contributed by atoms with Gasteiger partial charge in [-0.1, -0.05) is 15.9 Å². The zero-order valence-corrected chi connectivity index (χ0v) is 13.9. The molecule has 0 aromatic heterocycles. The van der Waals surface area contributed by atoms with Crippen LogP contribution >= 0.6 is 15.9 Å². The van der Waals surface area contributed by atoms with Gasteiger partial charge in [0.15, 0.2) is 0 Å². The fourth-order valence-corrected chi connectivity index (χ4v) is 4.39. The van der Waals surface area contributed by atoms with Gasteiger partial charge in [-0.3, -0.25) is 0 Å². The van der Waals surface area contributed by atoms with Crippen LogP contribution in [-0.2, 0) is 14.8 Å². The molecule has 7 heteroatoms. The van der Waals surface area contributed by atoms with Crippen LogP contribution in [0.2, 0.25) is 0 Å². The van der Waals surface area contributed by atoms with Crippen LogP contribution in [0.1, 0.15) is 19.8 Å². The van der Waals surface area contributed by atoms with Gasteiger partial charge in [-0.15, -0.1) is 0 Å². The van der Waals surface area contributed by atoms with E-state index >= 15 is 0 Å². The molecule has 112 valence electrons. The third-order valence-electron chi connectivity index (χ3n) is 3.23. The molecule has 0 bridgehead atoms. The number of hydrogen-bond acceptors (Lipinski definition) is 4. The number of benzene rings is 1. The van der Waals surface area contributed by atoms with Crippen molar-refractivity contribution in [3.8, 4) is 5.75 Å². The summed E-state index contributed by atoms with van der Waals surface area (Å²) in [7, 11) is -2.22. The Morgan fingerprint density at radius 3 is 2.80 bits per heavy atom. The molecule has 0 radical (unpaired) electrons. The molecule has 1 saturated heterocycles. The summed E-state index contributed by atoms with van der Waals surface area (Å²) in [5.41, 5.74) is -0.579. The van der Waals surface area contributed by atoms with E-state index in [1.807, 2.05) is 6.92 Å². The van der Waals surface area contributed by atoms with Gasteiger partial charge in [0, 0.05) is 11.1 Å². The summed E-state index contributed by atoms with van der Waals surface area (Å²) in [6.07, 6.45) is 1.59. The normalized spacial score (nSPS) is 23.6. The third kappa shape index (κ3) is 3.52. The Bertz CT molecular complexity index is 582. The highest BCUT2D eigenvalue weighted by atomic mass is 79.9. The average Bonchev–Trinajstić information content (AvgIpc) is 2.38. The highest BCUT2D eigenvalue weighted by Crippen LogP contribution is 2.29. The zero-order valence-electron chi connectivity index (χ0n) is 11.5. The second-order valence-electron chi connectivity index (χ2n) is 5.12. The fraction of sp³-hybridized carbons (Fsp3) is 0.538. The molecule has 2 rings (SSSR count). The molecule has 5 nitrogen and oxygen atoms in total. The molecule has 1 aromatic rings. The number of rotatable bonds is 4. The van der Waals surface area contributed by atoms with Gasteiger partial charge >= 0.3 is 0 Å². The lowest BCUT2D eigenvalue weighted by atomic mass is 9.97. The molecule has 0 spiro atoms. The second-order valence-corrected chi connectivity index (χ2v) is 7.68. The topological polar surface area (TPSA) is 64.6 Å². The fourth-order valence-electron chi connectivity index (χ4n) is 2.25. The molecule has 1 N–H and O–H groups in total. The summed E-state index contributed by atoms with van der Waals surface area (Å²) in [5, 5.41) is 0. The molecule has 1 heterocycles. The quantitative estimate of drug-likeness (QED) is 0.891. The van der Waals surface area contributed by atoms with Gasteiger partial charge in [0.05, 0.1) is 19.3 Å². The maximum Gasteiger partial charge on any atom is 0.244 e. The first-order valence-corrected chi connectivity index (χ1v) is 8.59. The molecule has 20 heavy (non-hydrogen) atoms. The molecule has 0 aliphatic carbocycles. The lowest BCUT2D eigenvalue weighted by Crippen LogP contribution is -2.51. The minimum absolute atomic E-state index is 0.126. The largest absolute Gasteiger partial charge is 0.495 e.